The maximum atomic E-state index is 11.7. The zero-order valence-corrected chi connectivity index (χ0v) is 10.1. The van der Waals surface area contributed by atoms with Crippen LogP contribution < -0.4 is 15.4 Å². The normalized spacial score (nSPS) is 16.2. The van der Waals surface area contributed by atoms with Crippen LogP contribution in [0, 0.1) is 0 Å². The Labute approximate surface area is 101 Å². The van der Waals surface area contributed by atoms with Gasteiger partial charge in [0.05, 0.1) is 19.3 Å². The molecule has 1 aromatic rings. The molecular formula is C12H17N3O2. The predicted molar refractivity (Wildman–Crippen MR) is 67.3 cm³/mol. The van der Waals surface area contributed by atoms with Gasteiger partial charge in [-0.15, -0.1) is 0 Å². The van der Waals surface area contributed by atoms with Crippen LogP contribution >= 0.6 is 0 Å². The van der Waals surface area contributed by atoms with Crippen LogP contribution in [0.4, 0.5) is 11.4 Å². The fraction of sp³-hybridized carbons (Fsp3) is 0.417. The Morgan fingerprint density at radius 3 is 2.76 bits per heavy atom. The Balaban J connectivity index is 2.25. The lowest BCUT2D eigenvalue weighted by Gasteiger charge is -2.34. The molecule has 17 heavy (non-hydrogen) atoms. The summed E-state index contributed by atoms with van der Waals surface area (Å²) in [4.78, 5) is 15.4. The number of nitrogens with two attached hydrogens (primary N) is 1. The van der Waals surface area contributed by atoms with Crippen LogP contribution in [0.5, 0.6) is 5.75 Å². The van der Waals surface area contributed by atoms with E-state index >= 15 is 0 Å². The maximum absolute atomic E-state index is 11.7. The third-order valence-electron chi connectivity index (χ3n) is 3.00. The molecule has 1 amide bonds. The summed E-state index contributed by atoms with van der Waals surface area (Å²) in [5.41, 5.74) is 7.29. The number of benzene rings is 1. The van der Waals surface area contributed by atoms with Gasteiger partial charge >= 0.3 is 0 Å². The first-order chi connectivity index (χ1) is 8.11. The van der Waals surface area contributed by atoms with Crippen molar-refractivity contribution in [1.29, 1.82) is 0 Å². The lowest BCUT2D eigenvalue weighted by atomic mass is 10.2. The van der Waals surface area contributed by atoms with Crippen molar-refractivity contribution < 1.29 is 9.53 Å². The highest BCUT2D eigenvalue weighted by molar-refractivity contribution is 5.83. The van der Waals surface area contributed by atoms with Gasteiger partial charge in [-0.3, -0.25) is 4.79 Å². The molecule has 0 saturated carbocycles. The summed E-state index contributed by atoms with van der Waals surface area (Å²) in [5, 5.41) is 0. The second-order valence-electron chi connectivity index (χ2n) is 4.17. The van der Waals surface area contributed by atoms with E-state index in [0.29, 0.717) is 18.0 Å². The molecule has 0 aromatic heterocycles. The molecule has 2 rings (SSSR count). The number of carbonyl (C=O) groups excluding carboxylic acids is 1. The third-order valence-corrected chi connectivity index (χ3v) is 3.00. The molecule has 1 aliphatic heterocycles. The van der Waals surface area contributed by atoms with Crippen LogP contribution in [-0.4, -0.2) is 44.6 Å². The maximum Gasteiger partial charge on any atom is 0.241 e. The van der Waals surface area contributed by atoms with Crippen LogP contribution in [0.2, 0.25) is 0 Å². The number of nitrogen functional groups attached to an aromatic ring is 1. The van der Waals surface area contributed by atoms with Crippen LogP contribution in [0.3, 0.4) is 0 Å². The minimum absolute atomic E-state index is 0.120. The van der Waals surface area contributed by atoms with Crippen molar-refractivity contribution in [3.63, 3.8) is 0 Å². The minimum atomic E-state index is 0.120. The predicted octanol–water partition coefficient (Wildman–Crippen LogP) is 0.556. The second kappa shape index (κ2) is 4.53. The van der Waals surface area contributed by atoms with E-state index in [0.717, 1.165) is 18.8 Å². The quantitative estimate of drug-likeness (QED) is 0.761. The standard InChI is InChI=1S/C12H17N3O2/c1-14-5-6-15(8-12(14)16)10-4-3-9(13)7-11(10)17-2/h3-4,7H,5-6,8,13H2,1-2H3. The van der Waals surface area contributed by atoms with E-state index in [1.165, 1.54) is 0 Å². The first-order valence-electron chi connectivity index (χ1n) is 5.54. The summed E-state index contributed by atoms with van der Waals surface area (Å²) in [6, 6.07) is 5.49. The number of amides is 1. The van der Waals surface area contributed by atoms with Gasteiger partial charge in [-0.25, -0.2) is 0 Å². The second-order valence-corrected chi connectivity index (χ2v) is 4.17. The van der Waals surface area contributed by atoms with Gasteiger partial charge in [-0.05, 0) is 12.1 Å². The molecule has 1 heterocycles. The van der Waals surface area contributed by atoms with Gasteiger partial charge in [0.1, 0.15) is 5.75 Å². The van der Waals surface area contributed by atoms with Gasteiger partial charge in [0.15, 0.2) is 0 Å². The molecule has 0 spiro atoms. The molecule has 1 aliphatic rings. The van der Waals surface area contributed by atoms with Crippen LogP contribution in [0.25, 0.3) is 0 Å². The highest BCUT2D eigenvalue weighted by Crippen LogP contribution is 2.30. The van der Waals surface area contributed by atoms with E-state index in [2.05, 4.69) is 0 Å². The molecule has 1 fully saturated rings. The number of hydrogen-bond acceptors (Lipinski definition) is 4. The van der Waals surface area contributed by atoms with Crippen molar-refractivity contribution >= 4 is 17.3 Å². The number of rotatable bonds is 2. The number of likely N-dealkylation sites (N-methyl/N-ethyl adjacent to an activating group) is 1. The molecule has 5 heteroatoms. The largest absolute Gasteiger partial charge is 0.495 e. The Kier molecular flexibility index (Phi) is 3.08. The van der Waals surface area contributed by atoms with Crippen molar-refractivity contribution in [2.24, 2.45) is 0 Å². The van der Waals surface area contributed by atoms with Gasteiger partial charge in [0, 0.05) is 31.9 Å². The number of hydrogen-bond donors (Lipinski definition) is 1. The molecular weight excluding hydrogens is 218 g/mol. The number of piperazine rings is 1. The van der Waals surface area contributed by atoms with Crippen molar-refractivity contribution in [2.45, 2.75) is 0 Å². The molecule has 2 N–H and O–H groups in total. The van der Waals surface area contributed by atoms with Crippen molar-refractivity contribution in [2.75, 3.05) is 44.4 Å². The van der Waals surface area contributed by atoms with Crippen molar-refractivity contribution in [3.05, 3.63) is 18.2 Å². The highest BCUT2D eigenvalue weighted by atomic mass is 16.5. The summed E-state index contributed by atoms with van der Waals surface area (Å²) >= 11 is 0. The summed E-state index contributed by atoms with van der Waals surface area (Å²) in [6.07, 6.45) is 0. The third kappa shape index (κ3) is 2.27. The Morgan fingerprint density at radius 2 is 2.12 bits per heavy atom. The zero-order valence-electron chi connectivity index (χ0n) is 10.1. The summed E-state index contributed by atoms with van der Waals surface area (Å²) < 4.78 is 5.29. The minimum Gasteiger partial charge on any atom is -0.495 e. The number of methoxy groups -OCH3 is 1. The molecule has 0 unspecified atom stereocenters. The van der Waals surface area contributed by atoms with Crippen molar-refractivity contribution in [1.82, 2.24) is 4.90 Å². The van der Waals surface area contributed by atoms with Gasteiger partial charge in [-0.2, -0.15) is 0 Å². The average molecular weight is 235 g/mol. The van der Waals surface area contributed by atoms with Crippen molar-refractivity contribution in [3.8, 4) is 5.75 Å². The van der Waals surface area contributed by atoms with Crippen LogP contribution in [-0.2, 0) is 4.79 Å². The van der Waals surface area contributed by atoms with E-state index in [1.54, 1.807) is 18.1 Å². The first kappa shape index (κ1) is 11.6. The van der Waals surface area contributed by atoms with Gasteiger partial charge in [0.25, 0.3) is 0 Å². The number of nitrogens with zero attached hydrogens (tertiary/aromatic N) is 2. The molecule has 92 valence electrons. The first-order valence-corrected chi connectivity index (χ1v) is 5.54. The highest BCUT2D eigenvalue weighted by Gasteiger charge is 2.23. The fourth-order valence-corrected chi connectivity index (χ4v) is 1.92. The lowest BCUT2D eigenvalue weighted by molar-refractivity contribution is -0.129. The van der Waals surface area contributed by atoms with E-state index < -0.39 is 0 Å². The molecule has 5 nitrogen and oxygen atoms in total. The average Bonchev–Trinajstić information content (AvgIpc) is 2.32. The Bertz CT molecular complexity index is 434. The van der Waals surface area contributed by atoms with E-state index in [1.807, 2.05) is 24.1 Å². The van der Waals surface area contributed by atoms with Gasteiger partial charge < -0.3 is 20.3 Å². The fourth-order valence-electron chi connectivity index (χ4n) is 1.92. The number of carbonyl (C=O) groups is 1. The number of ether oxygens (including phenoxy) is 1. The van der Waals surface area contributed by atoms with Gasteiger partial charge in [-0.1, -0.05) is 0 Å². The summed E-state index contributed by atoms with van der Waals surface area (Å²) in [5.74, 6) is 0.831. The molecule has 0 bridgehead atoms. The smallest absolute Gasteiger partial charge is 0.241 e. The molecule has 0 aliphatic carbocycles. The van der Waals surface area contributed by atoms with E-state index in [4.69, 9.17) is 10.5 Å². The summed E-state index contributed by atoms with van der Waals surface area (Å²) in [6.45, 7) is 1.92. The zero-order chi connectivity index (χ0) is 12.4. The Hall–Kier alpha value is -1.91. The van der Waals surface area contributed by atoms with Gasteiger partial charge in [0.2, 0.25) is 5.91 Å². The lowest BCUT2D eigenvalue weighted by Crippen LogP contribution is -2.48. The van der Waals surface area contributed by atoms with Crippen LogP contribution in [0.1, 0.15) is 0 Å². The SMILES string of the molecule is COc1cc(N)ccc1N1CCN(C)C(=O)C1. The molecule has 0 radical (unpaired) electrons. The molecule has 1 aromatic carbocycles. The van der Waals surface area contributed by atoms with E-state index in [9.17, 15) is 4.79 Å². The number of anilines is 2. The van der Waals surface area contributed by atoms with Crippen LogP contribution in [0.15, 0.2) is 18.2 Å². The summed E-state index contributed by atoms with van der Waals surface area (Å²) in [7, 11) is 3.43. The molecule has 0 atom stereocenters. The monoisotopic (exact) mass is 235 g/mol. The topological polar surface area (TPSA) is 58.8 Å². The molecule has 1 saturated heterocycles. The van der Waals surface area contributed by atoms with E-state index in [-0.39, 0.29) is 5.91 Å². The Morgan fingerprint density at radius 1 is 1.35 bits per heavy atom.